The van der Waals surface area contributed by atoms with E-state index in [1.54, 1.807) is 11.0 Å². The highest BCUT2D eigenvalue weighted by Crippen LogP contribution is 2.34. The number of fused-ring (bicyclic) bond motifs is 3. The largest absolute Gasteiger partial charge is 0.387 e. The molecule has 0 spiro atoms. The highest BCUT2D eigenvalue weighted by molar-refractivity contribution is 6.34. The lowest BCUT2D eigenvalue weighted by atomic mass is 9.84. The summed E-state index contributed by atoms with van der Waals surface area (Å²) < 4.78 is 5.98. The van der Waals surface area contributed by atoms with Gasteiger partial charge in [0.05, 0.1) is 40.8 Å². The summed E-state index contributed by atoms with van der Waals surface area (Å²) >= 11 is 6.29. The summed E-state index contributed by atoms with van der Waals surface area (Å²) in [6.07, 6.45) is 8.15. The Morgan fingerprint density at radius 3 is 2.83 bits per heavy atom. The zero-order valence-electron chi connectivity index (χ0n) is 16.8. The number of aliphatic hydroxyl groups excluding tert-OH is 1. The monoisotopic (exact) mass is 418 g/mol. The molecule has 3 heterocycles. The molecule has 2 aliphatic heterocycles. The van der Waals surface area contributed by atoms with E-state index in [4.69, 9.17) is 16.3 Å². The average molecular weight is 419 g/mol. The highest BCUT2D eigenvalue weighted by atomic mass is 35.5. The molecule has 1 aliphatic carbocycles. The summed E-state index contributed by atoms with van der Waals surface area (Å²) in [6, 6.07) is 0. The molecule has 2 N–H and O–H groups in total. The number of aliphatic hydroxyl groups is 1. The number of ether oxygens (including phenoxy) is 1. The molecule has 7 nitrogen and oxygen atoms in total. The number of carbonyl (C=O) groups is 1. The van der Waals surface area contributed by atoms with Crippen molar-refractivity contribution in [3.05, 3.63) is 27.4 Å². The Morgan fingerprint density at radius 2 is 2.14 bits per heavy atom. The van der Waals surface area contributed by atoms with E-state index in [9.17, 15) is 9.90 Å². The first-order chi connectivity index (χ1) is 14.0. The first-order valence-corrected chi connectivity index (χ1v) is 10.6. The second-order valence-electron chi connectivity index (χ2n) is 8.08. The number of H-pyrrole nitrogens is 1. The normalized spacial score (nSPS) is 24.0. The van der Waals surface area contributed by atoms with Gasteiger partial charge in [-0.25, -0.2) is 0 Å². The molecule has 0 bridgehead atoms. The number of halogens is 1. The van der Waals surface area contributed by atoms with Gasteiger partial charge in [0, 0.05) is 23.1 Å². The molecule has 0 unspecified atom stereocenters. The molecule has 1 saturated carbocycles. The van der Waals surface area contributed by atoms with Crippen LogP contribution in [0.3, 0.4) is 0 Å². The maximum Gasteiger partial charge on any atom is 0.253 e. The van der Waals surface area contributed by atoms with Gasteiger partial charge in [-0.05, 0) is 51.7 Å². The quantitative estimate of drug-likeness (QED) is 0.786. The Balaban J connectivity index is 1.74. The van der Waals surface area contributed by atoms with Crippen LogP contribution in [0.5, 0.6) is 0 Å². The Labute approximate surface area is 174 Å². The molecule has 1 aromatic heterocycles. The molecular weight excluding hydrogens is 392 g/mol. The molecule has 0 radical (unpaired) electrons. The number of aromatic amines is 1. The van der Waals surface area contributed by atoms with Crippen molar-refractivity contribution in [3.8, 4) is 0 Å². The number of hydrogen-bond acceptors (Lipinski definition) is 5. The van der Waals surface area contributed by atoms with E-state index < -0.39 is 6.61 Å². The smallest absolute Gasteiger partial charge is 0.253 e. The fraction of sp³-hybridized carbons (Fsp3) is 0.571. The molecule has 3 aliphatic rings. The lowest BCUT2D eigenvalue weighted by Gasteiger charge is -2.30. The standard InChI is InChI=1S/C21H27ClN4O3/c1-12(2)29-15-5-3-13(4-6-15)19-20-16(10-23-25-19)21-17(24-20)9-14(22)7-8-26(21)18(28)11-27/h7,9,12-13,15,24,27H,3-6,8,10-11H2,1-2H3/t13-,15-. The SMILES string of the molecule is CC(C)O[C@H]1CC[C@H](C2=c3[nH]c4c(c3CN=N2)N(C(=O)CO)CC=C(Cl)C=4)CC1. The lowest BCUT2D eigenvalue weighted by molar-refractivity contribution is -0.121. The van der Waals surface area contributed by atoms with Gasteiger partial charge in [-0.3, -0.25) is 4.79 Å². The fourth-order valence-corrected chi connectivity index (χ4v) is 4.67. The van der Waals surface area contributed by atoms with Gasteiger partial charge in [0.1, 0.15) is 6.61 Å². The van der Waals surface area contributed by atoms with Crippen LogP contribution in [0.2, 0.25) is 0 Å². The van der Waals surface area contributed by atoms with Crippen molar-refractivity contribution in [2.45, 2.75) is 58.3 Å². The van der Waals surface area contributed by atoms with Crippen LogP contribution in [-0.2, 0) is 16.1 Å². The van der Waals surface area contributed by atoms with E-state index in [1.807, 2.05) is 6.08 Å². The maximum atomic E-state index is 12.4. The zero-order chi connectivity index (χ0) is 20.5. The minimum absolute atomic E-state index is 0.243. The molecule has 1 fully saturated rings. The fourth-order valence-electron chi connectivity index (χ4n) is 4.49. The van der Waals surface area contributed by atoms with Crippen molar-refractivity contribution in [2.75, 3.05) is 18.1 Å². The third kappa shape index (κ3) is 4.04. The third-order valence-electron chi connectivity index (χ3n) is 5.75. The summed E-state index contributed by atoms with van der Waals surface area (Å²) in [4.78, 5) is 17.4. The molecule has 0 atom stereocenters. The van der Waals surface area contributed by atoms with Crippen molar-refractivity contribution in [1.29, 1.82) is 0 Å². The van der Waals surface area contributed by atoms with Gasteiger partial charge in [0.2, 0.25) is 0 Å². The molecule has 0 saturated heterocycles. The molecule has 8 heteroatoms. The Hall–Kier alpha value is -1.96. The molecule has 0 aromatic carbocycles. The number of allylic oxidation sites excluding steroid dienone is 1. The lowest BCUT2D eigenvalue weighted by Crippen LogP contribution is -2.36. The van der Waals surface area contributed by atoms with Gasteiger partial charge >= 0.3 is 0 Å². The first kappa shape index (κ1) is 20.3. The maximum absolute atomic E-state index is 12.4. The number of amides is 1. The van der Waals surface area contributed by atoms with Gasteiger partial charge in [-0.2, -0.15) is 10.2 Å². The van der Waals surface area contributed by atoms with E-state index in [1.165, 1.54) is 0 Å². The topological polar surface area (TPSA) is 90.3 Å². The zero-order valence-corrected chi connectivity index (χ0v) is 17.6. The second kappa shape index (κ2) is 8.42. The Bertz CT molecular complexity index is 971. The van der Waals surface area contributed by atoms with Crippen molar-refractivity contribution in [1.82, 2.24) is 4.98 Å². The van der Waals surface area contributed by atoms with Crippen LogP contribution in [0.25, 0.3) is 11.8 Å². The van der Waals surface area contributed by atoms with E-state index in [0.717, 1.165) is 53.3 Å². The molecule has 156 valence electrons. The van der Waals surface area contributed by atoms with Crippen LogP contribution in [-0.4, -0.2) is 41.4 Å². The molecule has 1 amide bonds. The second-order valence-corrected chi connectivity index (χ2v) is 8.52. The van der Waals surface area contributed by atoms with Crippen LogP contribution < -0.4 is 15.6 Å². The molecule has 29 heavy (non-hydrogen) atoms. The predicted octanol–water partition coefficient (Wildman–Crippen LogP) is 2.31. The summed E-state index contributed by atoms with van der Waals surface area (Å²) in [5.74, 6) is -0.0559. The van der Waals surface area contributed by atoms with Crippen LogP contribution in [0.4, 0.5) is 5.69 Å². The van der Waals surface area contributed by atoms with Gasteiger partial charge < -0.3 is 19.7 Å². The van der Waals surface area contributed by atoms with Crippen LogP contribution in [0.1, 0.15) is 45.1 Å². The van der Waals surface area contributed by atoms with E-state index >= 15 is 0 Å². The van der Waals surface area contributed by atoms with E-state index in [2.05, 4.69) is 29.1 Å². The van der Waals surface area contributed by atoms with Gasteiger partial charge in [0.15, 0.2) is 0 Å². The summed E-state index contributed by atoms with van der Waals surface area (Å²) in [7, 11) is 0. The van der Waals surface area contributed by atoms with Crippen molar-refractivity contribution < 1.29 is 14.6 Å². The number of nitrogens with zero attached hydrogens (tertiary/aromatic N) is 3. The number of carbonyl (C=O) groups excluding carboxylic acids is 1. The third-order valence-corrected chi connectivity index (χ3v) is 6.01. The number of azo groups is 1. The van der Waals surface area contributed by atoms with E-state index in [0.29, 0.717) is 30.1 Å². The predicted molar refractivity (Wildman–Crippen MR) is 112 cm³/mol. The van der Waals surface area contributed by atoms with Crippen LogP contribution in [0.15, 0.2) is 21.3 Å². The Kier molecular flexibility index (Phi) is 5.90. The average Bonchev–Trinajstić information content (AvgIpc) is 2.97. The molecular formula is C21H27ClN4O3. The summed E-state index contributed by atoms with van der Waals surface area (Å²) in [5.41, 5.74) is 2.65. The van der Waals surface area contributed by atoms with Crippen LogP contribution in [0, 0.1) is 5.92 Å². The number of nitrogens with one attached hydrogen (secondary N) is 1. The van der Waals surface area contributed by atoms with Crippen molar-refractivity contribution in [3.63, 3.8) is 0 Å². The van der Waals surface area contributed by atoms with E-state index in [-0.39, 0.29) is 12.0 Å². The number of rotatable bonds is 4. The van der Waals surface area contributed by atoms with Crippen molar-refractivity contribution in [2.24, 2.45) is 16.1 Å². The molecule has 1 aromatic rings. The number of hydrogen-bond donors (Lipinski definition) is 2. The summed E-state index contributed by atoms with van der Waals surface area (Å²) in [6.45, 7) is 4.31. The van der Waals surface area contributed by atoms with Crippen LogP contribution >= 0.6 is 11.6 Å². The highest BCUT2D eigenvalue weighted by Gasteiger charge is 2.30. The summed E-state index contributed by atoms with van der Waals surface area (Å²) in [5, 5.41) is 20.6. The van der Waals surface area contributed by atoms with Crippen molar-refractivity contribution >= 4 is 35.0 Å². The number of anilines is 1. The van der Waals surface area contributed by atoms with Gasteiger partial charge in [-0.1, -0.05) is 11.6 Å². The minimum Gasteiger partial charge on any atom is -0.387 e. The number of aromatic nitrogens is 1. The van der Waals surface area contributed by atoms with Gasteiger partial charge in [0.25, 0.3) is 5.91 Å². The Morgan fingerprint density at radius 1 is 1.38 bits per heavy atom. The first-order valence-electron chi connectivity index (χ1n) is 10.2. The minimum atomic E-state index is -0.553. The van der Waals surface area contributed by atoms with Gasteiger partial charge in [-0.15, -0.1) is 0 Å². The molecule has 4 rings (SSSR count).